The summed E-state index contributed by atoms with van der Waals surface area (Å²) >= 11 is 11.7. The number of anilines is 1. The largest absolute Gasteiger partial charge is 0.323 e. The van der Waals surface area contributed by atoms with Crippen molar-refractivity contribution in [3.05, 3.63) is 33.3 Å². The average molecular weight is 333 g/mol. The molecule has 6 nitrogen and oxygen atoms in total. The Morgan fingerprint density at radius 3 is 2.38 bits per heavy atom. The molecule has 21 heavy (non-hydrogen) atoms. The Balaban J connectivity index is 2.96. The van der Waals surface area contributed by atoms with Crippen molar-refractivity contribution in [3.63, 3.8) is 0 Å². The second-order valence-electron chi connectivity index (χ2n) is 5.39. The molecule has 0 fully saturated rings. The number of nitrogens with one attached hydrogen (secondary N) is 1. The Hall–Kier alpha value is -1.66. The summed E-state index contributed by atoms with van der Waals surface area (Å²) in [5.74, 6) is -1.23. The Morgan fingerprint density at radius 2 is 1.90 bits per heavy atom. The van der Waals surface area contributed by atoms with Crippen molar-refractivity contribution in [2.24, 2.45) is 5.41 Å². The molecule has 0 radical (unpaired) electrons. The van der Waals surface area contributed by atoms with E-state index in [1.807, 2.05) is 0 Å². The number of nitrogens with zero attached hydrogens (tertiary/aromatic N) is 1. The van der Waals surface area contributed by atoms with Crippen LogP contribution in [-0.2, 0) is 9.59 Å². The lowest BCUT2D eigenvalue weighted by Gasteiger charge is -2.20. The van der Waals surface area contributed by atoms with Crippen molar-refractivity contribution in [1.82, 2.24) is 0 Å². The zero-order valence-electron chi connectivity index (χ0n) is 11.6. The molecule has 0 bridgehead atoms. The molecule has 0 aliphatic heterocycles. The van der Waals surface area contributed by atoms with E-state index < -0.39 is 27.4 Å². The number of hydrogen-bond donors (Lipinski definition) is 1. The first-order chi connectivity index (χ1) is 9.54. The maximum Gasteiger partial charge on any atom is 0.271 e. The van der Waals surface area contributed by atoms with E-state index in [1.165, 1.54) is 12.1 Å². The highest BCUT2D eigenvalue weighted by Gasteiger charge is 2.33. The number of alkyl halides is 1. The number of nitro benzene ring substituents is 1. The van der Waals surface area contributed by atoms with Gasteiger partial charge in [-0.05, 0) is 6.07 Å². The Kier molecular flexibility index (Phi) is 5.31. The van der Waals surface area contributed by atoms with Crippen LogP contribution in [0.5, 0.6) is 0 Å². The zero-order chi connectivity index (χ0) is 16.4. The molecule has 0 aromatic heterocycles. The highest BCUT2D eigenvalue weighted by molar-refractivity contribution is 6.44. The molecule has 0 heterocycles. The molecule has 8 heteroatoms. The van der Waals surface area contributed by atoms with Crippen molar-refractivity contribution < 1.29 is 14.5 Å². The molecule has 0 unspecified atom stereocenters. The molecule has 1 aromatic rings. The van der Waals surface area contributed by atoms with Gasteiger partial charge in [0.05, 0.1) is 15.6 Å². The summed E-state index contributed by atoms with van der Waals surface area (Å²) in [5.41, 5.74) is -0.984. The summed E-state index contributed by atoms with van der Waals surface area (Å²) in [5, 5.41) is 11.7. The van der Waals surface area contributed by atoms with Crippen LogP contribution < -0.4 is 5.32 Å². The van der Waals surface area contributed by atoms with Crippen LogP contribution in [0, 0.1) is 15.5 Å². The van der Waals surface area contributed by atoms with E-state index in [2.05, 4.69) is 5.32 Å². The van der Waals surface area contributed by atoms with Crippen LogP contribution in [0.15, 0.2) is 18.2 Å². The van der Waals surface area contributed by atoms with E-state index in [0.717, 1.165) is 6.07 Å². The van der Waals surface area contributed by atoms with Crippen molar-refractivity contribution in [3.8, 4) is 0 Å². The Labute approximate surface area is 131 Å². The average Bonchev–Trinajstić information content (AvgIpc) is 2.38. The van der Waals surface area contributed by atoms with Crippen molar-refractivity contribution in [1.29, 1.82) is 0 Å². The molecule has 0 saturated carbocycles. The molecule has 1 rings (SSSR count). The quantitative estimate of drug-likeness (QED) is 0.396. The fraction of sp³-hybridized carbons (Fsp3) is 0.385. The normalized spacial score (nSPS) is 12.6. The number of halogens is 2. The van der Waals surface area contributed by atoms with Crippen LogP contribution in [0.2, 0.25) is 5.02 Å². The van der Waals surface area contributed by atoms with Gasteiger partial charge < -0.3 is 5.32 Å². The lowest BCUT2D eigenvalue weighted by atomic mass is 9.88. The highest BCUT2D eigenvalue weighted by atomic mass is 35.5. The first kappa shape index (κ1) is 17.4. The SMILES string of the molecule is CC(C)(C)C(=O)[C@H](Cl)C(=O)Nc1cc([N+](=O)[O-])ccc1Cl. The molecule has 114 valence electrons. The van der Waals surface area contributed by atoms with Crippen LogP contribution in [0.25, 0.3) is 0 Å². The van der Waals surface area contributed by atoms with Crippen LogP contribution in [0.4, 0.5) is 11.4 Å². The molecule has 1 aromatic carbocycles. The lowest BCUT2D eigenvalue weighted by molar-refractivity contribution is -0.384. The zero-order valence-corrected chi connectivity index (χ0v) is 13.2. The van der Waals surface area contributed by atoms with Gasteiger partial charge in [0.1, 0.15) is 0 Å². The van der Waals surface area contributed by atoms with Gasteiger partial charge in [0.2, 0.25) is 5.91 Å². The third kappa shape index (κ3) is 4.41. The molecular weight excluding hydrogens is 319 g/mol. The second kappa shape index (κ2) is 6.41. The van der Waals surface area contributed by atoms with E-state index in [0.29, 0.717) is 0 Å². The number of carbonyl (C=O) groups is 2. The summed E-state index contributed by atoms with van der Waals surface area (Å²) in [6.07, 6.45) is 0. The number of amides is 1. The molecule has 0 spiro atoms. The van der Waals surface area contributed by atoms with Crippen LogP contribution >= 0.6 is 23.2 Å². The van der Waals surface area contributed by atoms with Crippen molar-refractivity contribution in [2.75, 3.05) is 5.32 Å². The molecule has 0 aliphatic carbocycles. The maximum atomic E-state index is 11.9. The topological polar surface area (TPSA) is 89.3 Å². The number of hydrogen-bond acceptors (Lipinski definition) is 4. The monoisotopic (exact) mass is 332 g/mol. The predicted octanol–water partition coefficient (Wildman–Crippen LogP) is 3.41. The molecule has 0 aliphatic rings. The van der Waals surface area contributed by atoms with Gasteiger partial charge in [-0.25, -0.2) is 0 Å². The predicted molar refractivity (Wildman–Crippen MR) is 80.8 cm³/mol. The van der Waals surface area contributed by atoms with E-state index in [4.69, 9.17) is 23.2 Å². The summed E-state index contributed by atoms with van der Waals surface area (Å²) in [6, 6.07) is 3.59. The van der Waals surface area contributed by atoms with Gasteiger partial charge in [0, 0.05) is 17.5 Å². The van der Waals surface area contributed by atoms with Gasteiger partial charge in [0.15, 0.2) is 11.2 Å². The van der Waals surface area contributed by atoms with Crippen LogP contribution in [0.1, 0.15) is 20.8 Å². The van der Waals surface area contributed by atoms with Crippen molar-refractivity contribution in [2.45, 2.75) is 26.1 Å². The Bertz CT molecular complexity index is 596. The summed E-state index contributed by atoms with van der Waals surface area (Å²) in [7, 11) is 0. The summed E-state index contributed by atoms with van der Waals surface area (Å²) in [6.45, 7) is 4.91. The first-order valence-corrected chi connectivity index (χ1v) is 6.78. The van der Waals surface area contributed by atoms with Gasteiger partial charge in [-0.3, -0.25) is 19.7 Å². The molecule has 0 saturated heterocycles. The van der Waals surface area contributed by atoms with Gasteiger partial charge >= 0.3 is 0 Å². The standard InChI is InChI=1S/C13H14Cl2N2O4/c1-13(2,3)11(18)10(15)12(19)16-9-6-7(17(20)21)4-5-8(9)14/h4-6,10H,1-3H3,(H,16,19)/t10-/m0/s1. The number of nitro groups is 1. The van der Waals surface area contributed by atoms with E-state index in [1.54, 1.807) is 20.8 Å². The summed E-state index contributed by atoms with van der Waals surface area (Å²) in [4.78, 5) is 33.9. The lowest BCUT2D eigenvalue weighted by Crippen LogP contribution is -2.37. The van der Waals surface area contributed by atoms with E-state index >= 15 is 0 Å². The molecule has 1 amide bonds. The fourth-order valence-corrected chi connectivity index (χ4v) is 1.96. The van der Waals surface area contributed by atoms with E-state index in [9.17, 15) is 19.7 Å². The molecular formula is C13H14Cl2N2O4. The first-order valence-electron chi connectivity index (χ1n) is 5.97. The van der Waals surface area contributed by atoms with Gasteiger partial charge in [-0.2, -0.15) is 0 Å². The van der Waals surface area contributed by atoms with Gasteiger partial charge in [0.25, 0.3) is 5.69 Å². The van der Waals surface area contributed by atoms with Crippen LogP contribution in [0.3, 0.4) is 0 Å². The second-order valence-corrected chi connectivity index (χ2v) is 6.23. The highest BCUT2D eigenvalue weighted by Crippen LogP contribution is 2.28. The number of rotatable bonds is 4. The number of benzene rings is 1. The van der Waals surface area contributed by atoms with Gasteiger partial charge in [-0.15, -0.1) is 11.6 Å². The third-order valence-electron chi connectivity index (χ3n) is 2.62. The number of non-ortho nitro benzene ring substituents is 1. The smallest absolute Gasteiger partial charge is 0.271 e. The summed E-state index contributed by atoms with van der Waals surface area (Å²) < 4.78 is 0. The van der Waals surface area contributed by atoms with Crippen LogP contribution in [-0.4, -0.2) is 22.0 Å². The third-order valence-corrected chi connectivity index (χ3v) is 3.34. The minimum absolute atomic E-state index is 0.0308. The van der Waals surface area contributed by atoms with Gasteiger partial charge in [-0.1, -0.05) is 32.4 Å². The molecule has 1 N–H and O–H groups in total. The van der Waals surface area contributed by atoms with Crippen molar-refractivity contribution >= 4 is 46.3 Å². The number of Topliss-reactive ketones (excluding diaryl/α,β-unsaturated/α-hetero) is 1. The minimum atomic E-state index is -1.40. The fourth-order valence-electron chi connectivity index (χ4n) is 1.42. The minimum Gasteiger partial charge on any atom is -0.323 e. The molecule has 1 atom stereocenters. The van der Waals surface area contributed by atoms with E-state index in [-0.39, 0.29) is 16.4 Å². The number of ketones is 1. The number of carbonyl (C=O) groups excluding carboxylic acids is 2. The maximum absolute atomic E-state index is 11.9. The Morgan fingerprint density at radius 1 is 1.33 bits per heavy atom.